The number of anilines is 1. The number of nitrogens with one attached hydrogen (secondary N) is 1. The van der Waals surface area contributed by atoms with Crippen molar-refractivity contribution in [3.63, 3.8) is 0 Å². The van der Waals surface area contributed by atoms with Crippen LogP contribution in [0.2, 0.25) is 0 Å². The molecule has 0 saturated heterocycles. The molecular formula is C15H19N3O2. The van der Waals surface area contributed by atoms with Crippen molar-refractivity contribution in [2.45, 2.75) is 45.6 Å². The molecule has 5 nitrogen and oxygen atoms in total. The molecule has 0 aromatic carbocycles. The Morgan fingerprint density at radius 2 is 2.25 bits per heavy atom. The zero-order valence-corrected chi connectivity index (χ0v) is 11.9. The van der Waals surface area contributed by atoms with E-state index in [0.717, 1.165) is 12.8 Å². The number of carbonyl (C=O) groups excluding carboxylic acids is 1. The molecule has 1 heterocycles. The van der Waals surface area contributed by atoms with Crippen LogP contribution in [0.5, 0.6) is 0 Å². The lowest BCUT2D eigenvalue weighted by molar-refractivity contribution is 0.0525. The highest BCUT2D eigenvalue weighted by molar-refractivity contribution is 5.91. The number of carbonyl (C=O) groups is 1. The summed E-state index contributed by atoms with van der Waals surface area (Å²) >= 11 is 0. The van der Waals surface area contributed by atoms with E-state index in [1.807, 2.05) is 0 Å². The first-order valence-electron chi connectivity index (χ1n) is 7.01. The number of aromatic nitrogens is 1. The Morgan fingerprint density at radius 3 is 2.85 bits per heavy atom. The normalized spacial score (nSPS) is 14.8. The minimum atomic E-state index is -0.429. The standard InChI is InChI=1S/C15H19N3O2/c1-3-20-15(19)13-8-11(9-16)14(17-10(13)2)18-12-6-4-5-7-12/h8,12H,3-7H2,1-2H3,(H,17,18). The summed E-state index contributed by atoms with van der Waals surface area (Å²) in [7, 11) is 0. The topological polar surface area (TPSA) is 75.0 Å². The Labute approximate surface area is 119 Å². The Hall–Kier alpha value is -2.09. The number of ether oxygens (including phenoxy) is 1. The molecule has 0 unspecified atom stereocenters. The van der Waals surface area contributed by atoms with Crippen molar-refractivity contribution in [3.05, 3.63) is 22.9 Å². The highest BCUT2D eigenvalue weighted by atomic mass is 16.5. The molecule has 0 bridgehead atoms. The van der Waals surface area contributed by atoms with Gasteiger partial charge in [-0.3, -0.25) is 0 Å². The number of aryl methyl sites for hydroxylation is 1. The molecule has 0 radical (unpaired) electrons. The first-order chi connectivity index (χ1) is 9.65. The number of hydrogen-bond donors (Lipinski definition) is 1. The predicted molar refractivity (Wildman–Crippen MR) is 75.5 cm³/mol. The van der Waals surface area contributed by atoms with Crippen LogP contribution in [0.4, 0.5) is 5.82 Å². The van der Waals surface area contributed by atoms with Gasteiger partial charge in [0.25, 0.3) is 0 Å². The molecule has 5 heteroatoms. The van der Waals surface area contributed by atoms with Gasteiger partial charge in [0.05, 0.1) is 23.4 Å². The van der Waals surface area contributed by atoms with Gasteiger partial charge in [-0.05, 0) is 32.8 Å². The van der Waals surface area contributed by atoms with Crippen LogP contribution < -0.4 is 5.32 Å². The quantitative estimate of drug-likeness (QED) is 0.854. The zero-order valence-electron chi connectivity index (χ0n) is 11.9. The lowest BCUT2D eigenvalue weighted by atomic mass is 10.1. The largest absolute Gasteiger partial charge is 0.462 e. The van der Waals surface area contributed by atoms with Crippen LogP contribution in [0.1, 0.15) is 54.2 Å². The lowest BCUT2D eigenvalue weighted by Crippen LogP contribution is -2.18. The molecule has 106 valence electrons. The second-order valence-electron chi connectivity index (χ2n) is 4.98. The maximum atomic E-state index is 11.8. The summed E-state index contributed by atoms with van der Waals surface area (Å²) in [5.74, 6) is 0.145. The second kappa shape index (κ2) is 6.38. The number of rotatable bonds is 4. The molecular weight excluding hydrogens is 254 g/mol. The molecule has 20 heavy (non-hydrogen) atoms. The molecule has 1 aromatic heterocycles. The third-order valence-corrected chi connectivity index (χ3v) is 3.52. The minimum absolute atomic E-state index is 0.308. The fraction of sp³-hybridized carbons (Fsp3) is 0.533. The number of hydrogen-bond acceptors (Lipinski definition) is 5. The molecule has 1 aliphatic rings. The average Bonchev–Trinajstić information content (AvgIpc) is 2.92. The van der Waals surface area contributed by atoms with E-state index >= 15 is 0 Å². The van der Waals surface area contributed by atoms with Gasteiger partial charge in [-0.1, -0.05) is 12.8 Å². The van der Waals surface area contributed by atoms with Crippen LogP contribution in [0.3, 0.4) is 0 Å². The van der Waals surface area contributed by atoms with Crippen molar-refractivity contribution in [1.82, 2.24) is 4.98 Å². The fourth-order valence-corrected chi connectivity index (χ4v) is 2.48. The molecule has 0 spiro atoms. The zero-order chi connectivity index (χ0) is 14.5. The average molecular weight is 273 g/mol. The van der Waals surface area contributed by atoms with Crippen molar-refractivity contribution >= 4 is 11.8 Å². The monoisotopic (exact) mass is 273 g/mol. The van der Waals surface area contributed by atoms with Crippen molar-refractivity contribution in [2.24, 2.45) is 0 Å². The van der Waals surface area contributed by atoms with Crippen molar-refractivity contribution in [2.75, 3.05) is 11.9 Å². The van der Waals surface area contributed by atoms with Crippen molar-refractivity contribution in [3.8, 4) is 6.07 Å². The highest BCUT2D eigenvalue weighted by Gasteiger charge is 2.20. The van der Waals surface area contributed by atoms with E-state index in [4.69, 9.17) is 4.74 Å². The van der Waals surface area contributed by atoms with Gasteiger partial charge >= 0.3 is 5.97 Å². The van der Waals surface area contributed by atoms with Gasteiger partial charge in [-0.2, -0.15) is 5.26 Å². The van der Waals surface area contributed by atoms with E-state index in [1.165, 1.54) is 12.8 Å². The van der Waals surface area contributed by atoms with Gasteiger partial charge in [0.2, 0.25) is 0 Å². The predicted octanol–water partition coefficient (Wildman–Crippen LogP) is 2.79. The van der Waals surface area contributed by atoms with Crippen LogP contribution in [0, 0.1) is 18.3 Å². The van der Waals surface area contributed by atoms with Gasteiger partial charge in [-0.25, -0.2) is 9.78 Å². The van der Waals surface area contributed by atoms with Gasteiger partial charge < -0.3 is 10.1 Å². The maximum absolute atomic E-state index is 11.8. The molecule has 1 saturated carbocycles. The summed E-state index contributed by atoms with van der Waals surface area (Å²) in [6.07, 6.45) is 4.62. The van der Waals surface area contributed by atoms with Gasteiger partial charge in [0, 0.05) is 6.04 Å². The Bertz CT molecular complexity index is 543. The SMILES string of the molecule is CCOC(=O)c1cc(C#N)c(NC2CCCC2)nc1C. The van der Waals surface area contributed by atoms with Crippen molar-refractivity contribution < 1.29 is 9.53 Å². The van der Waals surface area contributed by atoms with Gasteiger partial charge in [0.1, 0.15) is 11.9 Å². The highest BCUT2D eigenvalue weighted by Crippen LogP contribution is 2.24. The Morgan fingerprint density at radius 1 is 1.55 bits per heavy atom. The van der Waals surface area contributed by atoms with E-state index in [9.17, 15) is 10.1 Å². The summed E-state index contributed by atoms with van der Waals surface area (Å²) in [6.45, 7) is 3.82. The summed E-state index contributed by atoms with van der Waals surface area (Å²) in [5.41, 5.74) is 1.34. The summed E-state index contributed by atoms with van der Waals surface area (Å²) in [6, 6.07) is 4.05. The second-order valence-corrected chi connectivity index (χ2v) is 4.98. The van der Waals surface area contributed by atoms with Crippen LogP contribution in [-0.2, 0) is 4.74 Å². The van der Waals surface area contributed by atoms with Crippen LogP contribution in [0.25, 0.3) is 0 Å². The van der Waals surface area contributed by atoms with Crippen molar-refractivity contribution in [1.29, 1.82) is 5.26 Å². The summed E-state index contributed by atoms with van der Waals surface area (Å²) < 4.78 is 4.97. The van der Waals surface area contributed by atoms with E-state index in [0.29, 0.717) is 35.3 Å². The van der Waals surface area contributed by atoms with Crippen LogP contribution >= 0.6 is 0 Å². The fourth-order valence-electron chi connectivity index (χ4n) is 2.48. The molecule has 0 atom stereocenters. The molecule has 1 N–H and O–H groups in total. The first kappa shape index (κ1) is 14.3. The van der Waals surface area contributed by atoms with E-state index in [2.05, 4.69) is 16.4 Å². The Kier molecular flexibility index (Phi) is 4.57. The number of nitrogens with zero attached hydrogens (tertiary/aromatic N) is 2. The number of esters is 1. The minimum Gasteiger partial charge on any atom is -0.462 e. The molecule has 1 aromatic rings. The molecule has 2 rings (SSSR count). The Balaban J connectivity index is 2.27. The summed E-state index contributed by atoms with van der Waals surface area (Å²) in [5, 5.41) is 12.6. The maximum Gasteiger partial charge on any atom is 0.340 e. The lowest BCUT2D eigenvalue weighted by Gasteiger charge is -2.15. The van der Waals surface area contributed by atoms with Gasteiger partial charge in [-0.15, -0.1) is 0 Å². The number of pyridine rings is 1. The van der Waals surface area contributed by atoms with E-state index in [-0.39, 0.29) is 0 Å². The van der Waals surface area contributed by atoms with Crippen LogP contribution in [-0.4, -0.2) is 23.6 Å². The third-order valence-electron chi connectivity index (χ3n) is 3.52. The molecule has 1 fully saturated rings. The smallest absolute Gasteiger partial charge is 0.340 e. The van der Waals surface area contributed by atoms with Gasteiger partial charge in [0.15, 0.2) is 0 Å². The summed E-state index contributed by atoms with van der Waals surface area (Å²) in [4.78, 5) is 16.2. The van der Waals surface area contributed by atoms with E-state index in [1.54, 1.807) is 19.9 Å². The van der Waals surface area contributed by atoms with E-state index < -0.39 is 5.97 Å². The molecule has 0 aliphatic heterocycles. The molecule has 1 aliphatic carbocycles. The molecule has 0 amide bonds. The first-order valence-corrected chi connectivity index (χ1v) is 7.01. The third kappa shape index (κ3) is 3.08. The van der Waals surface area contributed by atoms with Crippen LogP contribution in [0.15, 0.2) is 6.07 Å². The number of nitriles is 1.